The first-order valence-electron chi connectivity index (χ1n) is 6.32. The molecule has 0 saturated carbocycles. The van der Waals surface area contributed by atoms with Crippen molar-refractivity contribution in [1.29, 1.82) is 0 Å². The number of H-pyrrole nitrogens is 1. The van der Waals surface area contributed by atoms with Crippen molar-refractivity contribution in [3.8, 4) is 0 Å². The van der Waals surface area contributed by atoms with Crippen LogP contribution in [-0.4, -0.2) is 52.6 Å². The number of rotatable bonds is 4. The predicted molar refractivity (Wildman–Crippen MR) is 78.9 cm³/mol. The topological polar surface area (TPSA) is 178 Å². The molecule has 23 heavy (non-hydrogen) atoms. The molecule has 0 aromatic carbocycles. The molecule has 2 rings (SSSR count). The molecule has 0 aliphatic carbocycles. The molecule has 1 unspecified atom stereocenters. The Hall–Kier alpha value is -0.790. The Morgan fingerprint density at radius 2 is 2.13 bits per heavy atom. The number of ether oxygens (including phenoxy) is 1. The number of aliphatic hydroxyl groups is 3. The van der Waals surface area contributed by atoms with Crippen LogP contribution >= 0.6 is 20.4 Å². The van der Waals surface area contributed by atoms with Crippen molar-refractivity contribution in [2.75, 3.05) is 6.61 Å². The van der Waals surface area contributed by atoms with Crippen LogP contribution in [0.3, 0.4) is 0 Å². The van der Waals surface area contributed by atoms with Gasteiger partial charge in [0.1, 0.15) is 10.9 Å². The first-order valence-corrected chi connectivity index (χ1v) is 8.30. The molecule has 13 heteroatoms. The Balaban J connectivity index is 0.000000284. The van der Waals surface area contributed by atoms with Gasteiger partial charge in [-0.15, -0.1) is 0 Å². The number of aromatic amines is 1. The maximum absolute atomic E-state index is 11.6. The maximum Gasteiger partial charge on any atom is 0.572 e. The fourth-order valence-corrected chi connectivity index (χ4v) is 2.22. The Morgan fingerprint density at radius 1 is 1.48 bits per heavy atom. The molecule has 1 aliphatic rings. The Bertz CT molecular complexity index is 606. The lowest BCUT2D eigenvalue weighted by Crippen LogP contribution is -2.27. The number of hydrogen-bond acceptors (Lipinski definition) is 10. The van der Waals surface area contributed by atoms with Crippen LogP contribution < -0.4 is 5.69 Å². The summed E-state index contributed by atoms with van der Waals surface area (Å²) >= 11 is 4.90. The van der Waals surface area contributed by atoms with E-state index >= 15 is 0 Å². The van der Waals surface area contributed by atoms with Gasteiger partial charge in [-0.1, -0.05) is 16.7 Å². The zero-order valence-corrected chi connectivity index (χ0v) is 13.5. The highest BCUT2D eigenvalue weighted by atomic mass is 32.1. The molecule has 1 saturated heterocycles. The Morgan fingerprint density at radius 3 is 2.52 bits per heavy atom. The highest BCUT2D eigenvalue weighted by Gasteiger charge is 2.36. The van der Waals surface area contributed by atoms with E-state index in [9.17, 15) is 4.79 Å². The second-order valence-corrected chi connectivity index (χ2v) is 6.04. The van der Waals surface area contributed by atoms with Crippen LogP contribution in [0.25, 0.3) is 0 Å². The molecular formula is C10H18N2O9PS+. The SMILES string of the molecule is O=c1[nH]c(=S)c(CO)cn1C1CCCO1.OC(O)O[P+](O)(O)O. The van der Waals surface area contributed by atoms with Crippen LogP contribution in [0.15, 0.2) is 11.0 Å². The summed E-state index contributed by atoms with van der Waals surface area (Å²) in [6.07, 6.45) is 3.10. The number of aromatic nitrogens is 2. The van der Waals surface area contributed by atoms with Crippen molar-refractivity contribution in [3.05, 3.63) is 26.9 Å². The highest BCUT2D eigenvalue weighted by molar-refractivity contribution is 7.71. The monoisotopic (exact) mass is 373 g/mol. The summed E-state index contributed by atoms with van der Waals surface area (Å²) in [5, 5.41) is 24.6. The zero-order valence-electron chi connectivity index (χ0n) is 11.8. The van der Waals surface area contributed by atoms with E-state index in [0.717, 1.165) is 12.8 Å². The van der Waals surface area contributed by atoms with Gasteiger partial charge in [0.25, 0.3) is 0 Å². The minimum atomic E-state index is -4.47. The van der Waals surface area contributed by atoms with E-state index in [0.29, 0.717) is 12.2 Å². The van der Waals surface area contributed by atoms with Crippen LogP contribution in [0.1, 0.15) is 24.6 Å². The molecule has 0 bridgehead atoms. The maximum atomic E-state index is 11.6. The summed E-state index contributed by atoms with van der Waals surface area (Å²) < 4.78 is 10.5. The Kier molecular flexibility index (Phi) is 7.83. The van der Waals surface area contributed by atoms with Crippen LogP contribution in [0.2, 0.25) is 0 Å². The largest absolute Gasteiger partial charge is 0.572 e. The molecule has 1 atom stereocenters. The van der Waals surface area contributed by atoms with E-state index in [1.807, 2.05) is 0 Å². The molecule has 0 amide bonds. The zero-order chi connectivity index (χ0) is 17.6. The lowest BCUT2D eigenvalue weighted by Gasteiger charge is -2.13. The van der Waals surface area contributed by atoms with Gasteiger partial charge in [0, 0.05) is 18.4 Å². The standard InChI is InChI=1S/C9H12N2O3S.CH6O6P/c12-5-6-4-11(7-2-1-3-14-7)9(13)10-8(6)15;2-1(3)7-8(4,5)6/h4,7,12H,1-3,5H2,(H,10,13,15);1-6H/q;+1. The van der Waals surface area contributed by atoms with Crippen LogP contribution in [0.4, 0.5) is 0 Å². The van der Waals surface area contributed by atoms with Crippen molar-refractivity contribution >= 4 is 20.4 Å². The van der Waals surface area contributed by atoms with Gasteiger partial charge in [0.15, 0.2) is 0 Å². The van der Waals surface area contributed by atoms with E-state index in [4.69, 9.17) is 47.0 Å². The van der Waals surface area contributed by atoms with Gasteiger partial charge < -0.3 is 20.1 Å². The quantitative estimate of drug-likeness (QED) is 0.189. The van der Waals surface area contributed by atoms with Crippen molar-refractivity contribution < 1.29 is 39.3 Å². The van der Waals surface area contributed by atoms with E-state index in [1.54, 1.807) is 6.20 Å². The van der Waals surface area contributed by atoms with Gasteiger partial charge in [0.2, 0.25) is 0 Å². The summed E-state index contributed by atoms with van der Waals surface area (Å²) in [4.78, 5) is 37.7. The van der Waals surface area contributed by atoms with Gasteiger partial charge >= 0.3 is 20.3 Å². The molecule has 1 aromatic rings. The average Bonchev–Trinajstić information content (AvgIpc) is 2.90. The third-order valence-electron chi connectivity index (χ3n) is 2.66. The van der Waals surface area contributed by atoms with Gasteiger partial charge in [-0.3, -0.25) is 9.55 Å². The first kappa shape index (κ1) is 20.3. The van der Waals surface area contributed by atoms with Crippen molar-refractivity contribution in [2.24, 2.45) is 0 Å². The summed E-state index contributed by atoms with van der Waals surface area (Å²) in [6.45, 7) is -1.87. The lowest BCUT2D eigenvalue weighted by atomic mass is 10.3. The Labute approximate surface area is 135 Å². The van der Waals surface area contributed by atoms with Crippen molar-refractivity contribution in [2.45, 2.75) is 32.2 Å². The first-order chi connectivity index (χ1) is 10.6. The van der Waals surface area contributed by atoms with Gasteiger partial charge in [0.05, 0.1) is 6.61 Å². The molecule has 2 heterocycles. The summed E-state index contributed by atoms with van der Waals surface area (Å²) in [5.41, 5.74) is 0.254. The van der Waals surface area contributed by atoms with Crippen molar-refractivity contribution in [1.82, 2.24) is 9.55 Å². The molecule has 0 spiro atoms. The van der Waals surface area contributed by atoms with Crippen LogP contribution in [0, 0.1) is 4.64 Å². The molecule has 1 fully saturated rings. The number of nitrogens with one attached hydrogen (secondary N) is 1. The van der Waals surface area contributed by atoms with Crippen LogP contribution in [-0.2, 0) is 15.9 Å². The fourth-order valence-electron chi connectivity index (χ4n) is 1.76. The van der Waals surface area contributed by atoms with E-state index in [2.05, 4.69) is 9.51 Å². The van der Waals surface area contributed by atoms with Crippen molar-refractivity contribution in [3.63, 3.8) is 0 Å². The summed E-state index contributed by atoms with van der Waals surface area (Å²) in [5.74, 6) is 0. The van der Waals surface area contributed by atoms with Gasteiger partial charge in [-0.05, 0) is 12.8 Å². The molecule has 7 N–H and O–H groups in total. The molecule has 1 aromatic heterocycles. The minimum Gasteiger partial charge on any atom is -0.392 e. The molecule has 1 aliphatic heterocycles. The molecule has 132 valence electrons. The number of nitrogens with zero attached hydrogens (tertiary/aromatic N) is 1. The van der Waals surface area contributed by atoms with Crippen LogP contribution in [0.5, 0.6) is 0 Å². The van der Waals surface area contributed by atoms with Gasteiger partial charge in [-0.2, -0.15) is 14.7 Å². The molecule has 0 radical (unpaired) electrons. The third-order valence-corrected chi connectivity index (χ3v) is 3.50. The minimum absolute atomic E-state index is 0.178. The molecular weight excluding hydrogens is 355 g/mol. The second kappa shape index (κ2) is 8.89. The summed E-state index contributed by atoms with van der Waals surface area (Å²) in [7, 11) is -4.47. The van der Waals surface area contributed by atoms with Gasteiger partial charge in [-0.25, -0.2) is 4.79 Å². The average molecular weight is 373 g/mol. The van der Waals surface area contributed by atoms with E-state index < -0.39 is 14.6 Å². The lowest BCUT2D eigenvalue weighted by molar-refractivity contribution is -0.193. The number of aliphatic hydroxyl groups excluding tert-OH is 2. The normalized spacial score (nSPS) is 18.0. The predicted octanol–water partition coefficient (Wildman–Crippen LogP) is -1.37. The fraction of sp³-hybridized carbons (Fsp3) is 0.600. The smallest absolute Gasteiger partial charge is 0.392 e. The third kappa shape index (κ3) is 7.10. The highest BCUT2D eigenvalue weighted by Crippen LogP contribution is 2.46. The second-order valence-electron chi connectivity index (χ2n) is 4.39. The number of hydrogen-bond donors (Lipinski definition) is 7. The van der Waals surface area contributed by atoms with E-state index in [1.165, 1.54) is 4.57 Å². The van der Waals surface area contributed by atoms with E-state index in [-0.39, 0.29) is 23.2 Å². The molecule has 11 nitrogen and oxygen atoms in total. The summed E-state index contributed by atoms with van der Waals surface area (Å²) in [6, 6.07) is 0.